The SMILES string of the molecule is C=C(Nc1ccc(Br)cc1)Nc1cc(C(F)(F)F)cc(OCC(C)(F)F)n1. The number of rotatable bonds is 7. The molecule has 0 fully saturated rings. The molecule has 2 rings (SSSR count). The Hall–Kier alpha value is -2.36. The minimum atomic E-state index is -4.70. The van der Waals surface area contributed by atoms with E-state index in [0.717, 1.165) is 10.5 Å². The van der Waals surface area contributed by atoms with Crippen LogP contribution in [0.4, 0.5) is 33.5 Å². The summed E-state index contributed by atoms with van der Waals surface area (Å²) in [7, 11) is 0. The second-order valence-electron chi connectivity index (χ2n) is 5.67. The molecule has 0 aliphatic heterocycles. The van der Waals surface area contributed by atoms with E-state index in [0.29, 0.717) is 18.7 Å². The van der Waals surface area contributed by atoms with Crippen molar-refractivity contribution in [2.75, 3.05) is 17.2 Å². The van der Waals surface area contributed by atoms with Crippen molar-refractivity contribution in [2.45, 2.75) is 19.0 Å². The lowest BCUT2D eigenvalue weighted by atomic mass is 10.2. The van der Waals surface area contributed by atoms with Crippen molar-refractivity contribution < 1.29 is 26.7 Å². The fraction of sp³-hybridized carbons (Fsp3) is 0.235. The highest BCUT2D eigenvalue weighted by Gasteiger charge is 2.32. The van der Waals surface area contributed by atoms with Crippen LogP contribution < -0.4 is 15.4 Å². The molecule has 0 saturated heterocycles. The average molecular weight is 452 g/mol. The van der Waals surface area contributed by atoms with E-state index >= 15 is 0 Å². The van der Waals surface area contributed by atoms with Crippen LogP contribution in [0.1, 0.15) is 12.5 Å². The Morgan fingerprint density at radius 2 is 1.74 bits per heavy atom. The first-order valence-corrected chi connectivity index (χ1v) is 8.30. The summed E-state index contributed by atoms with van der Waals surface area (Å²) in [4.78, 5) is 3.77. The van der Waals surface area contributed by atoms with Crippen LogP contribution in [0.5, 0.6) is 5.88 Å². The molecule has 0 saturated carbocycles. The molecule has 0 aliphatic carbocycles. The van der Waals surface area contributed by atoms with Crippen molar-refractivity contribution in [3.05, 3.63) is 58.8 Å². The third kappa shape index (κ3) is 7.05. The van der Waals surface area contributed by atoms with Crippen molar-refractivity contribution in [3.8, 4) is 5.88 Å². The lowest BCUT2D eigenvalue weighted by Crippen LogP contribution is -2.22. The van der Waals surface area contributed by atoms with Gasteiger partial charge >= 0.3 is 6.18 Å². The van der Waals surface area contributed by atoms with Gasteiger partial charge in [0.25, 0.3) is 5.92 Å². The molecule has 27 heavy (non-hydrogen) atoms. The highest BCUT2D eigenvalue weighted by molar-refractivity contribution is 9.10. The molecule has 146 valence electrons. The monoisotopic (exact) mass is 451 g/mol. The fourth-order valence-electron chi connectivity index (χ4n) is 1.90. The molecule has 0 bridgehead atoms. The van der Waals surface area contributed by atoms with Crippen LogP contribution in [-0.4, -0.2) is 17.5 Å². The van der Waals surface area contributed by atoms with Crippen molar-refractivity contribution in [1.29, 1.82) is 0 Å². The van der Waals surface area contributed by atoms with E-state index in [-0.39, 0.29) is 11.6 Å². The molecule has 0 atom stereocenters. The molecule has 2 aromatic rings. The minimum Gasteiger partial charge on any atom is -0.471 e. The van der Waals surface area contributed by atoms with E-state index in [1.54, 1.807) is 24.3 Å². The lowest BCUT2D eigenvalue weighted by molar-refractivity contribution is -0.137. The van der Waals surface area contributed by atoms with Gasteiger partial charge in [0.1, 0.15) is 11.6 Å². The normalized spacial score (nSPS) is 11.8. The first-order valence-electron chi connectivity index (χ1n) is 7.51. The van der Waals surface area contributed by atoms with Crippen LogP contribution in [0, 0.1) is 0 Å². The summed E-state index contributed by atoms with van der Waals surface area (Å²) in [5.41, 5.74) is -0.462. The predicted molar refractivity (Wildman–Crippen MR) is 95.9 cm³/mol. The number of hydrogen-bond donors (Lipinski definition) is 2. The number of aromatic nitrogens is 1. The summed E-state index contributed by atoms with van der Waals surface area (Å²) in [6, 6.07) is 8.24. The molecule has 1 heterocycles. The number of pyridine rings is 1. The van der Waals surface area contributed by atoms with Gasteiger partial charge < -0.3 is 15.4 Å². The van der Waals surface area contributed by atoms with Crippen molar-refractivity contribution in [3.63, 3.8) is 0 Å². The molecule has 1 aromatic carbocycles. The van der Waals surface area contributed by atoms with E-state index in [9.17, 15) is 22.0 Å². The Balaban J connectivity index is 2.18. The maximum atomic E-state index is 13.0. The highest BCUT2D eigenvalue weighted by Crippen LogP contribution is 2.33. The molecular weight excluding hydrogens is 437 g/mol. The number of nitrogens with one attached hydrogen (secondary N) is 2. The summed E-state index contributed by atoms with van der Waals surface area (Å²) in [6.07, 6.45) is -4.70. The van der Waals surface area contributed by atoms with Gasteiger partial charge in [0.2, 0.25) is 5.88 Å². The van der Waals surface area contributed by atoms with Gasteiger partial charge in [-0.15, -0.1) is 0 Å². The van der Waals surface area contributed by atoms with Gasteiger partial charge in [0, 0.05) is 23.2 Å². The second kappa shape index (κ2) is 8.12. The Morgan fingerprint density at radius 3 is 2.30 bits per heavy atom. The summed E-state index contributed by atoms with van der Waals surface area (Å²) in [5.74, 6) is -3.91. The van der Waals surface area contributed by atoms with Crippen molar-refractivity contribution >= 4 is 27.4 Å². The number of ether oxygens (including phenoxy) is 1. The minimum absolute atomic E-state index is 0.135. The summed E-state index contributed by atoms with van der Waals surface area (Å²) < 4.78 is 70.5. The zero-order valence-electron chi connectivity index (χ0n) is 14.0. The van der Waals surface area contributed by atoms with Gasteiger partial charge in [-0.1, -0.05) is 22.5 Å². The van der Waals surface area contributed by atoms with Gasteiger partial charge in [-0.2, -0.15) is 18.2 Å². The fourth-order valence-corrected chi connectivity index (χ4v) is 2.17. The number of nitrogens with zero attached hydrogens (tertiary/aromatic N) is 1. The van der Waals surface area contributed by atoms with Gasteiger partial charge in [0.15, 0.2) is 6.61 Å². The van der Waals surface area contributed by atoms with Gasteiger partial charge in [-0.3, -0.25) is 0 Å². The maximum Gasteiger partial charge on any atom is 0.416 e. The average Bonchev–Trinajstić information content (AvgIpc) is 2.53. The first-order chi connectivity index (χ1) is 12.4. The molecule has 0 unspecified atom stereocenters. The molecule has 0 spiro atoms. The van der Waals surface area contributed by atoms with Crippen LogP contribution in [0.25, 0.3) is 0 Å². The number of anilines is 2. The lowest BCUT2D eigenvalue weighted by Gasteiger charge is -2.16. The number of halogens is 6. The Bertz CT molecular complexity index is 804. The Morgan fingerprint density at radius 1 is 1.11 bits per heavy atom. The third-order valence-electron chi connectivity index (χ3n) is 3.02. The molecule has 2 N–H and O–H groups in total. The van der Waals surface area contributed by atoms with E-state index in [4.69, 9.17) is 4.74 Å². The zero-order valence-corrected chi connectivity index (χ0v) is 15.6. The van der Waals surface area contributed by atoms with Crippen molar-refractivity contribution in [2.24, 2.45) is 0 Å². The Kier molecular flexibility index (Phi) is 6.30. The zero-order chi connectivity index (χ0) is 20.2. The van der Waals surface area contributed by atoms with E-state index in [2.05, 4.69) is 38.1 Å². The maximum absolute atomic E-state index is 13.0. The topological polar surface area (TPSA) is 46.2 Å². The summed E-state index contributed by atoms with van der Waals surface area (Å²) in [5, 5.41) is 5.40. The van der Waals surface area contributed by atoms with Gasteiger partial charge in [-0.05, 0) is 30.3 Å². The molecule has 0 radical (unpaired) electrons. The largest absolute Gasteiger partial charge is 0.471 e. The predicted octanol–water partition coefficient (Wildman–Crippen LogP) is 5.89. The smallest absolute Gasteiger partial charge is 0.416 e. The first kappa shape index (κ1) is 20.9. The molecule has 10 heteroatoms. The molecule has 4 nitrogen and oxygen atoms in total. The number of hydrogen-bond acceptors (Lipinski definition) is 4. The molecule has 1 aromatic heterocycles. The molecule has 0 amide bonds. The second-order valence-corrected chi connectivity index (χ2v) is 6.59. The van der Waals surface area contributed by atoms with Gasteiger partial charge in [-0.25, -0.2) is 8.78 Å². The van der Waals surface area contributed by atoms with E-state index < -0.39 is 30.1 Å². The number of benzene rings is 1. The van der Waals surface area contributed by atoms with Crippen LogP contribution in [0.2, 0.25) is 0 Å². The third-order valence-corrected chi connectivity index (χ3v) is 3.55. The van der Waals surface area contributed by atoms with E-state index in [1.807, 2.05) is 0 Å². The van der Waals surface area contributed by atoms with Crippen molar-refractivity contribution in [1.82, 2.24) is 4.98 Å². The van der Waals surface area contributed by atoms with E-state index in [1.165, 1.54) is 0 Å². The highest BCUT2D eigenvalue weighted by atomic mass is 79.9. The Labute approximate surface area is 160 Å². The van der Waals surface area contributed by atoms with Crippen LogP contribution in [0.15, 0.2) is 53.3 Å². The summed E-state index contributed by atoms with van der Waals surface area (Å²) in [6.45, 7) is 3.15. The summed E-state index contributed by atoms with van der Waals surface area (Å²) >= 11 is 3.28. The number of alkyl halides is 5. The van der Waals surface area contributed by atoms with Crippen LogP contribution in [-0.2, 0) is 6.18 Å². The van der Waals surface area contributed by atoms with Crippen LogP contribution in [0.3, 0.4) is 0 Å². The van der Waals surface area contributed by atoms with Crippen LogP contribution >= 0.6 is 15.9 Å². The van der Waals surface area contributed by atoms with Gasteiger partial charge in [0.05, 0.1) is 5.56 Å². The standard InChI is InChI=1S/C17H15BrF5N3O/c1-10(24-13-5-3-12(18)4-6-13)25-14-7-11(17(21,22)23)8-15(26-14)27-9-16(2,19)20/h3-8,24H,1,9H2,2H3,(H,25,26). The molecular formula is C17H15BrF5N3O. The molecule has 0 aliphatic rings. The quantitative estimate of drug-likeness (QED) is 0.515.